The van der Waals surface area contributed by atoms with Crippen LogP contribution < -0.4 is 5.73 Å². The zero-order chi connectivity index (χ0) is 14.6. The maximum atomic E-state index is 6.37. The maximum Gasteiger partial charge on any atom is 0.0805 e. The molecule has 1 aromatic rings. The first kappa shape index (κ1) is 15.5. The minimum atomic E-state index is -0.258. The van der Waals surface area contributed by atoms with Crippen LogP contribution in [0.1, 0.15) is 64.6 Å². The van der Waals surface area contributed by atoms with Gasteiger partial charge in [-0.3, -0.25) is 4.68 Å². The molecule has 1 aliphatic rings. The standard InChI is InChI=1S/C16H29N3O/c1-4-16(3,20-5-2)15(17)12-13-10-11-19(18-13)14-8-6-7-9-14/h10-11,14-15H,4-9,12,17H2,1-3H3. The average Bonchev–Trinajstić information content (AvgIpc) is 3.08. The topological polar surface area (TPSA) is 53.1 Å². The smallest absolute Gasteiger partial charge is 0.0805 e. The molecule has 1 heterocycles. The molecule has 114 valence electrons. The molecule has 0 amide bonds. The van der Waals surface area contributed by atoms with Gasteiger partial charge < -0.3 is 10.5 Å². The van der Waals surface area contributed by atoms with E-state index in [1.54, 1.807) is 0 Å². The number of hydrogen-bond donors (Lipinski definition) is 1. The zero-order valence-electron chi connectivity index (χ0n) is 13.1. The number of ether oxygens (including phenoxy) is 1. The van der Waals surface area contributed by atoms with Gasteiger partial charge in [-0.2, -0.15) is 5.10 Å². The Balaban J connectivity index is 1.98. The molecule has 1 fully saturated rings. The van der Waals surface area contributed by atoms with Crippen molar-refractivity contribution in [2.45, 2.75) is 77.0 Å². The van der Waals surface area contributed by atoms with E-state index in [0.29, 0.717) is 12.6 Å². The van der Waals surface area contributed by atoms with Crippen molar-refractivity contribution in [3.63, 3.8) is 0 Å². The molecular formula is C16H29N3O. The van der Waals surface area contributed by atoms with Crippen molar-refractivity contribution >= 4 is 0 Å². The number of rotatable bonds is 7. The second-order valence-corrected chi connectivity index (χ2v) is 6.14. The second kappa shape index (κ2) is 6.72. The predicted molar refractivity (Wildman–Crippen MR) is 81.7 cm³/mol. The third-order valence-electron chi connectivity index (χ3n) is 4.75. The molecule has 4 nitrogen and oxygen atoms in total. The van der Waals surface area contributed by atoms with Crippen molar-refractivity contribution in [1.29, 1.82) is 0 Å². The lowest BCUT2D eigenvalue weighted by molar-refractivity contribution is -0.0463. The first-order valence-electron chi connectivity index (χ1n) is 8.02. The van der Waals surface area contributed by atoms with E-state index >= 15 is 0 Å². The maximum absolute atomic E-state index is 6.37. The van der Waals surface area contributed by atoms with E-state index in [1.165, 1.54) is 25.7 Å². The summed E-state index contributed by atoms with van der Waals surface area (Å²) in [5.41, 5.74) is 7.20. The molecule has 2 rings (SSSR count). The quantitative estimate of drug-likeness (QED) is 0.834. The van der Waals surface area contributed by atoms with Gasteiger partial charge in [0.25, 0.3) is 0 Å². The van der Waals surface area contributed by atoms with Gasteiger partial charge in [0.2, 0.25) is 0 Å². The Bertz CT molecular complexity index is 412. The highest BCUT2D eigenvalue weighted by Gasteiger charge is 2.31. The van der Waals surface area contributed by atoms with Crippen LogP contribution in [0.3, 0.4) is 0 Å². The Morgan fingerprint density at radius 1 is 1.45 bits per heavy atom. The number of nitrogens with two attached hydrogens (primary N) is 1. The van der Waals surface area contributed by atoms with E-state index in [2.05, 4.69) is 30.8 Å². The van der Waals surface area contributed by atoms with Crippen LogP contribution in [0.4, 0.5) is 0 Å². The lowest BCUT2D eigenvalue weighted by Crippen LogP contribution is -2.48. The number of nitrogens with zero attached hydrogens (tertiary/aromatic N) is 2. The van der Waals surface area contributed by atoms with E-state index in [1.807, 2.05) is 6.92 Å². The van der Waals surface area contributed by atoms with Crippen LogP contribution in [0.2, 0.25) is 0 Å². The summed E-state index contributed by atoms with van der Waals surface area (Å²) in [4.78, 5) is 0. The molecule has 0 radical (unpaired) electrons. The van der Waals surface area contributed by atoms with Crippen LogP contribution in [0.15, 0.2) is 12.3 Å². The van der Waals surface area contributed by atoms with Gasteiger partial charge in [-0.15, -0.1) is 0 Å². The highest BCUT2D eigenvalue weighted by molar-refractivity contribution is 5.05. The summed E-state index contributed by atoms with van der Waals surface area (Å²) in [6, 6.07) is 2.70. The van der Waals surface area contributed by atoms with Crippen molar-refractivity contribution in [3.8, 4) is 0 Å². The van der Waals surface area contributed by atoms with Gasteiger partial charge in [0.1, 0.15) is 0 Å². The minimum Gasteiger partial charge on any atom is -0.374 e. The van der Waals surface area contributed by atoms with Crippen LogP contribution in [0.5, 0.6) is 0 Å². The monoisotopic (exact) mass is 279 g/mol. The lowest BCUT2D eigenvalue weighted by atomic mass is 9.90. The van der Waals surface area contributed by atoms with Crippen LogP contribution in [-0.2, 0) is 11.2 Å². The van der Waals surface area contributed by atoms with Crippen molar-refractivity contribution < 1.29 is 4.74 Å². The minimum absolute atomic E-state index is 0.0145. The average molecular weight is 279 g/mol. The Morgan fingerprint density at radius 2 is 2.15 bits per heavy atom. The zero-order valence-corrected chi connectivity index (χ0v) is 13.1. The van der Waals surface area contributed by atoms with E-state index < -0.39 is 0 Å². The molecule has 4 heteroatoms. The molecule has 0 spiro atoms. The fraction of sp³-hybridized carbons (Fsp3) is 0.812. The molecule has 2 unspecified atom stereocenters. The van der Waals surface area contributed by atoms with Crippen LogP contribution in [0, 0.1) is 0 Å². The summed E-state index contributed by atoms with van der Waals surface area (Å²) in [5, 5.41) is 4.72. The summed E-state index contributed by atoms with van der Waals surface area (Å²) in [7, 11) is 0. The summed E-state index contributed by atoms with van der Waals surface area (Å²) in [5.74, 6) is 0. The molecule has 1 saturated carbocycles. The summed E-state index contributed by atoms with van der Waals surface area (Å²) >= 11 is 0. The third kappa shape index (κ3) is 3.41. The Kier molecular flexibility index (Phi) is 5.22. The van der Waals surface area contributed by atoms with Crippen LogP contribution in [0.25, 0.3) is 0 Å². The number of aromatic nitrogens is 2. The first-order chi connectivity index (χ1) is 9.59. The van der Waals surface area contributed by atoms with Crippen LogP contribution >= 0.6 is 0 Å². The van der Waals surface area contributed by atoms with Crippen molar-refractivity contribution in [2.24, 2.45) is 5.73 Å². The Hall–Kier alpha value is -0.870. The highest BCUT2D eigenvalue weighted by Crippen LogP contribution is 2.29. The van der Waals surface area contributed by atoms with Crippen molar-refractivity contribution in [2.75, 3.05) is 6.61 Å². The summed E-state index contributed by atoms with van der Waals surface area (Å²) in [6.45, 7) is 6.96. The highest BCUT2D eigenvalue weighted by atomic mass is 16.5. The molecule has 0 saturated heterocycles. The van der Waals surface area contributed by atoms with Crippen molar-refractivity contribution in [3.05, 3.63) is 18.0 Å². The normalized spacial score (nSPS) is 21.0. The van der Waals surface area contributed by atoms with Gasteiger partial charge in [-0.05, 0) is 39.2 Å². The lowest BCUT2D eigenvalue weighted by Gasteiger charge is -2.34. The van der Waals surface area contributed by atoms with Gasteiger partial charge >= 0.3 is 0 Å². The van der Waals surface area contributed by atoms with Gasteiger partial charge in [-0.1, -0.05) is 19.8 Å². The van der Waals surface area contributed by atoms with Crippen LogP contribution in [-0.4, -0.2) is 28.0 Å². The van der Waals surface area contributed by atoms with E-state index in [0.717, 1.165) is 18.5 Å². The fourth-order valence-electron chi connectivity index (χ4n) is 3.10. The van der Waals surface area contributed by atoms with E-state index in [9.17, 15) is 0 Å². The van der Waals surface area contributed by atoms with Crippen molar-refractivity contribution in [1.82, 2.24) is 9.78 Å². The first-order valence-corrected chi connectivity index (χ1v) is 8.02. The predicted octanol–water partition coefficient (Wildman–Crippen LogP) is 3.07. The summed E-state index contributed by atoms with van der Waals surface area (Å²) in [6.07, 6.45) is 9.00. The van der Waals surface area contributed by atoms with Gasteiger partial charge in [0, 0.05) is 25.3 Å². The Labute approximate surface area is 122 Å². The summed E-state index contributed by atoms with van der Waals surface area (Å²) < 4.78 is 8.00. The van der Waals surface area contributed by atoms with Gasteiger partial charge in [0.15, 0.2) is 0 Å². The fourth-order valence-corrected chi connectivity index (χ4v) is 3.10. The third-order valence-corrected chi connectivity index (χ3v) is 4.75. The molecule has 2 atom stereocenters. The van der Waals surface area contributed by atoms with Gasteiger partial charge in [0.05, 0.1) is 17.3 Å². The largest absolute Gasteiger partial charge is 0.374 e. The van der Waals surface area contributed by atoms with Gasteiger partial charge in [-0.25, -0.2) is 0 Å². The van der Waals surface area contributed by atoms with E-state index in [4.69, 9.17) is 15.6 Å². The molecule has 2 N–H and O–H groups in total. The molecule has 0 aliphatic heterocycles. The Morgan fingerprint density at radius 3 is 2.75 bits per heavy atom. The molecule has 1 aliphatic carbocycles. The molecule has 0 bridgehead atoms. The molecule has 0 aromatic carbocycles. The molecule has 20 heavy (non-hydrogen) atoms. The molecule has 1 aromatic heterocycles. The SMILES string of the molecule is CCOC(C)(CC)C(N)Cc1ccn(C2CCCC2)n1. The molecular weight excluding hydrogens is 250 g/mol. The second-order valence-electron chi connectivity index (χ2n) is 6.14. The van der Waals surface area contributed by atoms with E-state index in [-0.39, 0.29) is 11.6 Å². The number of hydrogen-bond acceptors (Lipinski definition) is 3.